The molecule has 17 heavy (non-hydrogen) atoms. The summed E-state index contributed by atoms with van der Waals surface area (Å²) in [7, 11) is 3.25. The van der Waals surface area contributed by atoms with E-state index in [9.17, 15) is 0 Å². The molecule has 2 aromatic rings. The van der Waals surface area contributed by atoms with Crippen LogP contribution in [0.1, 0.15) is 11.3 Å². The highest BCUT2D eigenvalue weighted by Crippen LogP contribution is 2.31. The molecule has 4 nitrogen and oxygen atoms in total. The maximum Gasteiger partial charge on any atom is 0.148 e. The van der Waals surface area contributed by atoms with Gasteiger partial charge < -0.3 is 15.2 Å². The molecule has 90 valence electrons. The Kier molecular flexibility index (Phi) is 3.15. The summed E-state index contributed by atoms with van der Waals surface area (Å²) in [6, 6.07) is 5.75. The van der Waals surface area contributed by atoms with Crippen LogP contribution in [0.3, 0.4) is 0 Å². The van der Waals surface area contributed by atoms with Crippen molar-refractivity contribution < 1.29 is 9.47 Å². The standard InChI is InChI=1S/C13H16N2O2/c1-8-4-9(7-14)11-5-10(16-2)6-12(17-3)13(11)15-8/h4-6H,7,14H2,1-3H3. The lowest BCUT2D eigenvalue weighted by molar-refractivity contribution is 0.397. The second-order valence-electron chi connectivity index (χ2n) is 3.85. The van der Waals surface area contributed by atoms with Gasteiger partial charge in [-0.05, 0) is 24.6 Å². The number of aryl methyl sites for hydroxylation is 1. The number of fused-ring (bicyclic) bond motifs is 1. The van der Waals surface area contributed by atoms with Crippen molar-refractivity contribution in [3.8, 4) is 11.5 Å². The molecular weight excluding hydrogens is 216 g/mol. The third kappa shape index (κ3) is 2.03. The normalized spacial score (nSPS) is 10.6. The number of nitrogens with two attached hydrogens (primary N) is 1. The number of hydrogen-bond acceptors (Lipinski definition) is 4. The Labute approximate surface area is 100 Å². The van der Waals surface area contributed by atoms with E-state index < -0.39 is 0 Å². The maximum atomic E-state index is 5.76. The van der Waals surface area contributed by atoms with Gasteiger partial charge in [0.05, 0.1) is 14.2 Å². The van der Waals surface area contributed by atoms with Crippen LogP contribution in [0, 0.1) is 6.92 Å². The predicted octanol–water partition coefficient (Wildman–Crippen LogP) is 2.02. The fourth-order valence-corrected chi connectivity index (χ4v) is 1.92. The van der Waals surface area contributed by atoms with Crippen LogP contribution >= 0.6 is 0 Å². The highest BCUT2D eigenvalue weighted by atomic mass is 16.5. The van der Waals surface area contributed by atoms with Crippen molar-refractivity contribution in [2.24, 2.45) is 5.73 Å². The van der Waals surface area contributed by atoms with E-state index >= 15 is 0 Å². The number of methoxy groups -OCH3 is 2. The SMILES string of the molecule is COc1cc(OC)c2nc(C)cc(CN)c2c1. The molecule has 0 fully saturated rings. The first-order chi connectivity index (χ1) is 8.19. The molecule has 1 heterocycles. The summed E-state index contributed by atoms with van der Waals surface area (Å²) in [5.41, 5.74) is 8.56. The molecule has 0 aliphatic rings. The molecule has 0 saturated heterocycles. The first kappa shape index (κ1) is 11.7. The monoisotopic (exact) mass is 232 g/mol. The fraction of sp³-hybridized carbons (Fsp3) is 0.308. The highest BCUT2D eigenvalue weighted by Gasteiger charge is 2.10. The first-order valence-corrected chi connectivity index (χ1v) is 5.42. The van der Waals surface area contributed by atoms with E-state index in [1.165, 1.54) is 0 Å². The minimum Gasteiger partial charge on any atom is -0.497 e. The van der Waals surface area contributed by atoms with Gasteiger partial charge in [0.25, 0.3) is 0 Å². The van der Waals surface area contributed by atoms with Gasteiger partial charge in [0.1, 0.15) is 17.0 Å². The molecule has 1 aromatic heterocycles. The molecule has 0 atom stereocenters. The van der Waals surface area contributed by atoms with E-state index in [-0.39, 0.29) is 0 Å². The Morgan fingerprint density at radius 1 is 1.18 bits per heavy atom. The zero-order chi connectivity index (χ0) is 12.4. The van der Waals surface area contributed by atoms with Gasteiger partial charge in [-0.15, -0.1) is 0 Å². The van der Waals surface area contributed by atoms with Crippen molar-refractivity contribution in [3.63, 3.8) is 0 Å². The van der Waals surface area contributed by atoms with E-state index in [1.807, 2.05) is 25.1 Å². The lowest BCUT2D eigenvalue weighted by atomic mass is 10.1. The van der Waals surface area contributed by atoms with E-state index in [4.69, 9.17) is 15.2 Å². The molecule has 0 amide bonds. The second-order valence-corrected chi connectivity index (χ2v) is 3.85. The molecule has 0 spiro atoms. The summed E-state index contributed by atoms with van der Waals surface area (Å²) in [4.78, 5) is 4.49. The van der Waals surface area contributed by atoms with Crippen LogP contribution in [0.2, 0.25) is 0 Å². The summed E-state index contributed by atoms with van der Waals surface area (Å²) in [6.07, 6.45) is 0. The van der Waals surface area contributed by atoms with Crippen molar-refractivity contribution in [3.05, 3.63) is 29.5 Å². The van der Waals surface area contributed by atoms with Gasteiger partial charge >= 0.3 is 0 Å². The summed E-state index contributed by atoms with van der Waals surface area (Å²) in [6.45, 7) is 2.42. The van der Waals surface area contributed by atoms with E-state index in [0.717, 1.165) is 27.9 Å². The highest BCUT2D eigenvalue weighted by molar-refractivity contribution is 5.89. The molecule has 0 aliphatic heterocycles. The van der Waals surface area contributed by atoms with E-state index in [2.05, 4.69) is 4.98 Å². The molecule has 0 bridgehead atoms. The Morgan fingerprint density at radius 3 is 2.53 bits per heavy atom. The average Bonchev–Trinajstić information content (AvgIpc) is 2.36. The van der Waals surface area contributed by atoms with Crippen molar-refractivity contribution in [1.29, 1.82) is 0 Å². The molecule has 2 N–H and O–H groups in total. The van der Waals surface area contributed by atoms with Crippen LogP contribution in [0.25, 0.3) is 10.9 Å². The maximum absolute atomic E-state index is 5.76. The van der Waals surface area contributed by atoms with Crippen LogP contribution in [-0.2, 0) is 6.54 Å². The van der Waals surface area contributed by atoms with Gasteiger partial charge in [0, 0.05) is 23.7 Å². The third-order valence-electron chi connectivity index (χ3n) is 2.74. The van der Waals surface area contributed by atoms with Gasteiger partial charge in [-0.2, -0.15) is 0 Å². The molecule has 0 aliphatic carbocycles. The molecule has 0 unspecified atom stereocenters. The van der Waals surface area contributed by atoms with Crippen molar-refractivity contribution in [1.82, 2.24) is 4.98 Å². The van der Waals surface area contributed by atoms with Gasteiger partial charge in [0.2, 0.25) is 0 Å². The summed E-state index contributed by atoms with van der Waals surface area (Å²) < 4.78 is 10.6. The quantitative estimate of drug-likeness (QED) is 0.879. The largest absolute Gasteiger partial charge is 0.497 e. The molecule has 0 radical (unpaired) electrons. The summed E-state index contributed by atoms with van der Waals surface area (Å²) >= 11 is 0. The Hall–Kier alpha value is -1.81. The van der Waals surface area contributed by atoms with Crippen LogP contribution in [0.15, 0.2) is 18.2 Å². The second kappa shape index (κ2) is 4.59. The molecule has 2 rings (SSSR count). The zero-order valence-corrected chi connectivity index (χ0v) is 10.3. The van der Waals surface area contributed by atoms with Gasteiger partial charge in [-0.25, -0.2) is 4.98 Å². The number of hydrogen-bond donors (Lipinski definition) is 1. The van der Waals surface area contributed by atoms with E-state index in [1.54, 1.807) is 14.2 Å². The van der Waals surface area contributed by atoms with Crippen LogP contribution in [0.4, 0.5) is 0 Å². The van der Waals surface area contributed by atoms with Crippen molar-refractivity contribution in [2.75, 3.05) is 14.2 Å². The van der Waals surface area contributed by atoms with Gasteiger partial charge in [-0.3, -0.25) is 0 Å². The third-order valence-corrected chi connectivity index (χ3v) is 2.74. The Balaban J connectivity index is 2.83. The van der Waals surface area contributed by atoms with Crippen LogP contribution in [0.5, 0.6) is 11.5 Å². The van der Waals surface area contributed by atoms with Crippen molar-refractivity contribution >= 4 is 10.9 Å². The Morgan fingerprint density at radius 2 is 1.94 bits per heavy atom. The molecule has 1 aromatic carbocycles. The molecule has 4 heteroatoms. The predicted molar refractivity (Wildman–Crippen MR) is 67.5 cm³/mol. The van der Waals surface area contributed by atoms with Gasteiger partial charge in [-0.1, -0.05) is 0 Å². The van der Waals surface area contributed by atoms with E-state index in [0.29, 0.717) is 12.3 Å². The van der Waals surface area contributed by atoms with Crippen LogP contribution in [-0.4, -0.2) is 19.2 Å². The number of aromatic nitrogens is 1. The van der Waals surface area contributed by atoms with Gasteiger partial charge in [0.15, 0.2) is 0 Å². The van der Waals surface area contributed by atoms with Crippen LogP contribution < -0.4 is 15.2 Å². The number of nitrogens with zero attached hydrogens (tertiary/aromatic N) is 1. The average molecular weight is 232 g/mol. The lowest BCUT2D eigenvalue weighted by Crippen LogP contribution is -2.01. The lowest BCUT2D eigenvalue weighted by Gasteiger charge is -2.11. The minimum atomic E-state index is 0.468. The summed E-state index contributed by atoms with van der Waals surface area (Å²) in [5, 5.41) is 0.981. The zero-order valence-electron chi connectivity index (χ0n) is 10.3. The Bertz CT molecular complexity index is 553. The number of benzene rings is 1. The number of pyridine rings is 1. The molecule has 0 saturated carbocycles. The minimum absolute atomic E-state index is 0.468. The number of ether oxygens (including phenoxy) is 2. The smallest absolute Gasteiger partial charge is 0.148 e. The first-order valence-electron chi connectivity index (χ1n) is 5.42. The summed E-state index contributed by atoms with van der Waals surface area (Å²) in [5.74, 6) is 1.45. The topological polar surface area (TPSA) is 57.4 Å². The number of rotatable bonds is 3. The molecular formula is C13H16N2O2. The van der Waals surface area contributed by atoms with Crippen molar-refractivity contribution in [2.45, 2.75) is 13.5 Å². The fourth-order valence-electron chi connectivity index (χ4n) is 1.92.